The summed E-state index contributed by atoms with van der Waals surface area (Å²) in [6.45, 7) is 0.852. The fraction of sp³-hybridized carbons (Fsp3) is 0.333. The van der Waals surface area contributed by atoms with E-state index in [2.05, 4.69) is 14.7 Å². The molecule has 2 aromatic rings. The largest absolute Gasteiger partial charge is 0.486 e. The first-order chi connectivity index (χ1) is 11.5. The first kappa shape index (κ1) is 16.5. The molecule has 0 radical (unpaired) electrons. The van der Waals surface area contributed by atoms with E-state index < -0.39 is 10.0 Å². The van der Waals surface area contributed by atoms with E-state index >= 15 is 0 Å². The van der Waals surface area contributed by atoms with Crippen LogP contribution in [-0.2, 0) is 16.6 Å². The molecular formula is C15H18N4O4S. The van der Waals surface area contributed by atoms with Gasteiger partial charge < -0.3 is 14.4 Å². The van der Waals surface area contributed by atoms with E-state index in [1.54, 1.807) is 18.3 Å². The number of nitrogens with one attached hydrogen (secondary N) is 1. The summed E-state index contributed by atoms with van der Waals surface area (Å²) in [5.41, 5.74) is 0. The van der Waals surface area contributed by atoms with E-state index in [0.29, 0.717) is 36.4 Å². The van der Waals surface area contributed by atoms with Gasteiger partial charge in [-0.2, -0.15) is 0 Å². The molecule has 24 heavy (non-hydrogen) atoms. The summed E-state index contributed by atoms with van der Waals surface area (Å²) in [7, 11) is 0.00109. The van der Waals surface area contributed by atoms with Crippen LogP contribution in [0.5, 0.6) is 11.5 Å². The molecule has 0 fully saturated rings. The standard InChI is InChI=1S/C15H18N4O4S/c1-19(2)15-5-6-16-14(18-15)10-17-24(20,21)11-3-4-12-13(9-11)23-8-7-22-12/h3-6,9,17H,7-8,10H2,1-2H3. The number of fused-ring (bicyclic) bond motifs is 1. The van der Waals surface area contributed by atoms with Gasteiger partial charge in [0.05, 0.1) is 11.4 Å². The quantitative estimate of drug-likeness (QED) is 0.852. The van der Waals surface area contributed by atoms with Gasteiger partial charge in [0.25, 0.3) is 0 Å². The van der Waals surface area contributed by atoms with Crippen LogP contribution in [0.25, 0.3) is 0 Å². The lowest BCUT2D eigenvalue weighted by Gasteiger charge is -2.19. The summed E-state index contributed by atoms with van der Waals surface area (Å²) in [4.78, 5) is 10.3. The second kappa shape index (κ2) is 6.62. The van der Waals surface area contributed by atoms with Gasteiger partial charge in [-0.05, 0) is 18.2 Å². The van der Waals surface area contributed by atoms with Crippen LogP contribution in [0.1, 0.15) is 5.82 Å². The highest BCUT2D eigenvalue weighted by molar-refractivity contribution is 7.89. The number of benzene rings is 1. The molecule has 1 aliphatic rings. The normalized spacial score (nSPS) is 13.6. The Morgan fingerprint density at radius 2 is 1.92 bits per heavy atom. The lowest BCUT2D eigenvalue weighted by molar-refractivity contribution is 0.171. The number of nitrogens with zero attached hydrogens (tertiary/aromatic N) is 3. The van der Waals surface area contributed by atoms with Crippen molar-refractivity contribution < 1.29 is 17.9 Å². The second-order valence-corrected chi connectivity index (χ2v) is 7.12. The van der Waals surface area contributed by atoms with Gasteiger partial charge in [-0.1, -0.05) is 0 Å². The zero-order chi connectivity index (χ0) is 17.2. The van der Waals surface area contributed by atoms with E-state index in [0.717, 1.165) is 0 Å². The molecule has 1 aromatic carbocycles. The van der Waals surface area contributed by atoms with Crippen LogP contribution in [0, 0.1) is 0 Å². The Morgan fingerprint density at radius 1 is 1.17 bits per heavy atom. The first-order valence-electron chi connectivity index (χ1n) is 7.34. The van der Waals surface area contributed by atoms with Crippen LogP contribution in [0.4, 0.5) is 5.82 Å². The highest BCUT2D eigenvalue weighted by Gasteiger charge is 2.19. The van der Waals surface area contributed by atoms with Crippen molar-refractivity contribution in [2.75, 3.05) is 32.2 Å². The zero-order valence-electron chi connectivity index (χ0n) is 13.4. The third-order valence-corrected chi connectivity index (χ3v) is 4.79. The fourth-order valence-electron chi connectivity index (χ4n) is 2.16. The molecule has 1 aliphatic heterocycles. The number of anilines is 1. The molecule has 0 amide bonds. The second-order valence-electron chi connectivity index (χ2n) is 5.36. The van der Waals surface area contributed by atoms with Crippen LogP contribution in [0.3, 0.4) is 0 Å². The highest BCUT2D eigenvalue weighted by atomic mass is 32.2. The summed E-state index contributed by atoms with van der Waals surface area (Å²) in [6.07, 6.45) is 1.59. The third-order valence-electron chi connectivity index (χ3n) is 3.39. The Hall–Kier alpha value is -2.39. The fourth-order valence-corrected chi connectivity index (χ4v) is 3.15. The molecule has 0 unspecified atom stereocenters. The average molecular weight is 350 g/mol. The third kappa shape index (κ3) is 3.57. The molecule has 0 spiro atoms. The number of hydrogen-bond acceptors (Lipinski definition) is 7. The van der Waals surface area contributed by atoms with Gasteiger partial charge >= 0.3 is 0 Å². The van der Waals surface area contributed by atoms with Crippen molar-refractivity contribution in [3.05, 3.63) is 36.3 Å². The number of aromatic nitrogens is 2. The lowest BCUT2D eigenvalue weighted by atomic mass is 10.3. The Labute approximate surface area is 140 Å². The van der Waals surface area contributed by atoms with Crippen molar-refractivity contribution >= 4 is 15.8 Å². The molecule has 2 heterocycles. The predicted molar refractivity (Wildman–Crippen MR) is 87.8 cm³/mol. The van der Waals surface area contributed by atoms with Crippen LogP contribution in [0.15, 0.2) is 35.4 Å². The summed E-state index contributed by atoms with van der Waals surface area (Å²) in [5.74, 6) is 2.07. The van der Waals surface area contributed by atoms with Gasteiger partial charge in [-0.3, -0.25) is 0 Å². The topological polar surface area (TPSA) is 93.7 Å². The smallest absolute Gasteiger partial charge is 0.241 e. The molecule has 8 nitrogen and oxygen atoms in total. The van der Waals surface area contributed by atoms with Gasteiger partial charge in [0.2, 0.25) is 10.0 Å². The zero-order valence-corrected chi connectivity index (χ0v) is 14.2. The van der Waals surface area contributed by atoms with Crippen molar-refractivity contribution in [3.63, 3.8) is 0 Å². The molecule has 1 aromatic heterocycles. The van der Waals surface area contributed by atoms with Crippen molar-refractivity contribution in [3.8, 4) is 11.5 Å². The molecule has 128 valence electrons. The Bertz CT molecular complexity index is 839. The lowest BCUT2D eigenvalue weighted by Crippen LogP contribution is -2.25. The van der Waals surface area contributed by atoms with Gasteiger partial charge in [0.1, 0.15) is 24.9 Å². The van der Waals surface area contributed by atoms with E-state index in [1.165, 1.54) is 12.1 Å². The first-order valence-corrected chi connectivity index (χ1v) is 8.82. The number of hydrogen-bond donors (Lipinski definition) is 1. The Balaban J connectivity index is 1.75. The van der Waals surface area contributed by atoms with Crippen LogP contribution < -0.4 is 19.1 Å². The molecule has 0 bridgehead atoms. The minimum absolute atomic E-state index is 0.00153. The molecule has 0 aliphatic carbocycles. The molecule has 0 saturated heterocycles. The molecule has 3 rings (SSSR count). The SMILES string of the molecule is CN(C)c1ccnc(CNS(=O)(=O)c2ccc3c(c2)OCCO3)n1. The maximum absolute atomic E-state index is 12.4. The summed E-state index contributed by atoms with van der Waals surface area (Å²) >= 11 is 0. The van der Waals surface area contributed by atoms with Crippen molar-refractivity contribution in [2.45, 2.75) is 11.4 Å². The summed E-state index contributed by atoms with van der Waals surface area (Å²) in [6, 6.07) is 6.27. The minimum atomic E-state index is -3.70. The van der Waals surface area contributed by atoms with Gasteiger partial charge in [0.15, 0.2) is 11.5 Å². The number of ether oxygens (including phenoxy) is 2. The molecule has 9 heteroatoms. The Morgan fingerprint density at radius 3 is 2.67 bits per heavy atom. The Kier molecular flexibility index (Phi) is 4.54. The minimum Gasteiger partial charge on any atom is -0.486 e. The molecular weight excluding hydrogens is 332 g/mol. The van der Waals surface area contributed by atoms with Gasteiger partial charge in [0, 0.05) is 26.4 Å². The van der Waals surface area contributed by atoms with Crippen molar-refractivity contribution in [1.29, 1.82) is 0 Å². The van der Waals surface area contributed by atoms with Gasteiger partial charge in [-0.15, -0.1) is 0 Å². The monoisotopic (exact) mass is 350 g/mol. The maximum atomic E-state index is 12.4. The van der Waals surface area contributed by atoms with Crippen LogP contribution in [-0.4, -0.2) is 45.7 Å². The predicted octanol–water partition coefficient (Wildman–Crippen LogP) is 0.792. The van der Waals surface area contributed by atoms with Crippen LogP contribution >= 0.6 is 0 Å². The maximum Gasteiger partial charge on any atom is 0.241 e. The van der Waals surface area contributed by atoms with Gasteiger partial charge in [-0.25, -0.2) is 23.1 Å². The number of sulfonamides is 1. The summed E-state index contributed by atoms with van der Waals surface area (Å²) in [5, 5.41) is 0. The van der Waals surface area contributed by atoms with E-state index in [9.17, 15) is 8.42 Å². The van der Waals surface area contributed by atoms with Crippen molar-refractivity contribution in [1.82, 2.24) is 14.7 Å². The molecule has 0 atom stereocenters. The van der Waals surface area contributed by atoms with E-state index in [4.69, 9.17) is 9.47 Å². The summed E-state index contributed by atoms with van der Waals surface area (Å²) < 4.78 is 38.2. The molecule has 1 N–H and O–H groups in total. The average Bonchev–Trinajstić information content (AvgIpc) is 2.60. The van der Waals surface area contributed by atoms with Crippen molar-refractivity contribution in [2.24, 2.45) is 0 Å². The molecule has 0 saturated carbocycles. The van der Waals surface area contributed by atoms with E-state index in [1.807, 2.05) is 19.0 Å². The van der Waals surface area contributed by atoms with Crippen LogP contribution in [0.2, 0.25) is 0 Å². The highest BCUT2D eigenvalue weighted by Crippen LogP contribution is 2.32. The number of rotatable bonds is 5. The van der Waals surface area contributed by atoms with E-state index in [-0.39, 0.29) is 11.4 Å².